The average Bonchev–Trinajstić information content (AvgIpc) is 2.36. The molecule has 2 N–H and O–H groups in total. The van der Waals surface area contributed by atoms with Crippen LogP contribution in [0.4, 0.5) is 0 Å². The number of benzene rings is 1. The molecule has 1 aromatic rings. The van der Waals surface area contributed by atoms with Crippen molar-refractivity contribution in [3.8, 4) is 11.5 Å². The van der Waals surface area contributed by atoms with Crippen molar-refractivity contribution in [3.05, 3.63) is 23.3 Å². The maximum absolute atomic E-state index is 5.65. The molecule has 17 heavy (non-hydrogen) atoms. The first kappa shape index (κ1) is 13.8. The fourth-order valence-corrected chi connectivity index (χ4v) is 2.05. The summed E-state index contributed by atoms with van der Waals surface area (Å²) in [6, 6.07) is 4.05. The molecule has 0 bridgehead atoms. The number of unbranched alkanes of at least 4 members (excludes halogenated alkanes) is 1. The van der Waals surface area contributed by atoms with Crippen LogP contribution < -0.4 is 15.2 Å². The maximum atomic E-state index is 5.65. The predicted octanol–water partition coefficient (Wildman–Crippen LogP) is 2.55. The van der Waals surface area contributed by atoms with Crippen LogP contribution in [0.25, 0.3) is 0 Å². The minimum absolute atomic E-state index is 0.661. The topological polar surface area (TPSA) is 44.5 Å². The standard InChI is InChI=1S/C14H23NO2/c1-4-5-6-12-11(9-10-15)7-8-13(16-2)14(12)17-3/h7-8H,4-6,9-10,15H2,1-3H3. The van der Waals surface area contributed by atoms with Crippen molar-refractivity contribution in [3.63, 3.8) is 0 Å². The first-order chi connectivity index (χ1) is 8.28. The lowest BCUT2D eigenvalue weighted by molar-refractivity contribution is 0.350. The van der Waals surface area contributed by atoms with Crippen LogP contribution in [0.1, 0.15) is 30.9 Å². The first-order valence-electron chi connectivity index (χ1n) is 6.21. The SMILES string of the molecule is CCCCc1c(CCN)ccc(OC)c1OC. The number of nitrogens with two attached hydrogens (primary N) is 1. The van der Waals surface area contributed by atoms with E-state index >= 15 is 0 Å². The third-order valence-electron chi connectivity index (χ3n) is 2.94. The quantitative estimate of drug-likeness (QED) is 0.792. The Kier molecular flexibility index (Phi) is 5.84. The Hall–Kier alpha value is -1.22. The minimum atomic E-state index is 0.661. The summed E-state index contributed by atoms with van der Waals surface area (Å²) in [5, 5.41) is 0. The molecule has 3 nitrogen and oxygen atoms in total. The van der Waals surface area contributed by atoms with E-state index in [-0.39, 0.29) is 0 Å². The van der Waals surface area contributed by atoms with Gasteiger partial charge in [0, 0.05) is 5.56 Å². The number of methoxy groups -OCH3 is 2. The Bertz CT molecular complexity index is 350. The zero-order chi connectivity index (χ0) is 12.7. The molecule has 0 aliphatic heterocycles. The molecule has 0 atom stereocenters. The van der Waals surface area contributed by atoms with Gasteiger partial charge in [-0.25, -0.2) is 0 Å². The Labute approximate surface area is 104 Å². The molecule has 0 unspecified atom stereocenters. The molecule has 0 radical (unpaired) electrons. The van der Waals surface area contributed by atoms with E-state index in [9.17, 15) is 0 Å². The summed E-state index contributed by atoms with van der Waals surface area (Å²) in [6.07, 6.45) is 4.23. The van der Waals surface area contributed by atoms with Gasteiger partial charge in [0.25, 0.3) is 0 Å². The van der Waals surface area contributed by atoms with Gasteiger partial charge in [-0.15, -0.1) is 0 Å². The van der Waals surface area contributed by atoms with Crippen molar-refractivity contribution in [1.82, 2.24) is 0 Å². The van der Waals surface area contributed by atoms with Crippen molar-refractivity contribution >= 4 is 0 Å². The van der Waals surface area contributed by atoms with Gasteiger partial charge in [0.15, 0.2) is 11.5 Å². The van der Waals surface area contributed by atoms with Gasteiger partial charge in [0.1, 0.15) is 0 Å². The average molecular weight is 237 g/mol. The van der Waals surface area contributed by atoms with Gasteiger partial charge in [-0.1, -0.05) is 19.4 Å². The molecular formula is C14H23NO2. The van der Waals surface area contributed by atoms with Crippen LogP contribution in [-0.2, 0) is 12.8 Å². The van der Waals surface area contributed by atoms with Gasteiger partial charge in [-0.05, 0) is 37.4 Å². The highest BCUT2D eigenvalue weighted by Crippen LogP contribution is 2.34. The molecule has 0 amide bonds. The Morgan fingerprint density at radius 3 is 2.41 bits per heavy atom. The number of ether oxygens (including phenoxy) is 2. The first-order valence-corrected chi connectivity index (χ1v) is 6.21. The van der Waals surface area contributed by atoms with Gasteiger partial charge in [-0.2, -0.15) is 0 Å². The monoisotopic (exact) mass is 237 g/mol. The molecule has 1 rings (SSSR count). The molecule has 0 saturated heterocycles. The fourth-order valence-electron chi connectivity index (χ4n) is 2.05. The largest absolute Gasteiger partial charge is 0.493 e. The highest BCUT2D eigenvalue weighted by atomic mass is 16.5. The molecule has 0 aliphatic carbocycles. The third-order valence-corrected chi connectivity index (χ3v) is 2.94. The van der Waals surface area contributed by atoms with Crippen LogP contribution in [0.3, 0.4) is 0 Å². The molecule has 0 fully saturated rings. The molecule has 96 valence electrons. The lowest BCUT2D eigenvalue weighted by Gasteiger charge is -2.16. The summed E-state index contributed by atoms with van der Waals surface area (Å²) >= 11 is 0. The second kappa shape index (κ2) is 7.17. The van der Waals surface area contributed by atoms with Gasteiger partial charge in [0.2, 0.25) is 0 Å². The van der Waals surface area contributed by atoms with Crippen molar-refractivity contribution in [2.24, 2.45) is 5.73 Å². The van der Waals surface area contributed by atoms with Crippen LogP contribution >= 0.6 is 0 Å². The van der Waals surface area contributed by atoms with E-state index in [1.807, 2.05) is 6.07 Å². The normalized spacial score (nSPS) is 10.4. The summed E-state index contributed by atoms with van der Waals surface area (Å²) < 4.78 is 10.8. The third kappa shape index (κ3) is 3.37. The van der Waals surface area contributed by atoms with Crippen molar-refractivity contribution in [2.75, 3.05) is 20.8 Å². The lowest BCUT2D eigenvalue weighted by Crippen LogP contribution is -2.07. The fraction of sp³-hybridized carbons (Fsp3) is 0.571. The number of rotatable bonds is 7. The van der Waals surface area contributed by atoms with E-state index in [2.05, 4.69) is 13.0 Å². The van der Waals surface area contributed by atoms with Gasteiger partial charge < -0.3 is 15.2 Å². The zero-order valence-corrected chi connectivity index (χ0v) is 11.1. The minimum Gasteiger partial charge on any atom is -0.493 e. The summed E-state index contributed by atoms with van der Waals surface area (Å²) in [4.78, 5) is 0. The smallest absolute Gasteiger partial charge is 0.164 e. The molecule has 0 saturated carbocycles. The van der Waals surface area contributed by atoms with Gasteiger partial charge in [0.05, 0.1) is 14.2 Å². The summed E-state index contributed by atoms with van der Waals surface area (Å²) in [7, 11) is 3.36. The van der Waals surface area contributed by atoms with Gasteiger partial charge in [-0.3, -0.25) is 0 Å². The summed E-state index contributed by atoms with van der Waals surface area (Å²) in [6.45, 7) is 2.85. The van der Waals surface area contributed by atoms with Crippen molar-refractivity contribution in [2.45, 2.75) is 32.6 Å². The van der Waals surface area contributed by atoms with E-state index in [4.69, 9.17) is 15.2 Å². The van der Waals surface area contributed by atoms with Crippen molar-refractivity contribution < 1.29 is 9.47 Å². The molecule has 0 spiro atoms. The predicted molar refractivity (Wildman–Crippen MR) is 70.9 cm³/mol. The van der Waals surface area contributed by atoms with Crippen LogP contribution in [0, 0.1) is 0 Å². The molecule has 3 heteroatoms. The summed E-state index contributed by atoms with van der Waals surface area (Å²) in [5.74, 6) is 1.67. The van der Waals surface area contributed by atoms with E-state index in [0.29, 0.717) is 6.54 Å². The Morgan fingerprint density at radius 2 is 1.88 bits per heavy atom. The van der Waals surface area contributed by atoms with E-state index in [1.165, 1.54) is 17.5 Å². The summed E-state index contributed by atoms with van der Waals surface area (Å²) in [5.41, 5.74) is 8.17. The van der Waals surface area contributed by atoms with Gasteiger partial charge >= 0.3 is 0 Å². The van der Waals surface area contributed by atoms with E-state index < -0.39 is 0 Å². The van der Waals surface area contributed by atoms with E-state index in [1.54, 1.807) is 14.2 Å². The highest BCUT2D eigenvalue weighted by molar-refractivity contribution is 5.51. The second-order valence-corrected chi connectivity index (χ2v) is 4.08. The zero-order valence-electron chi connectivity index (χ0n) is 11.1. The molecule has 0 heterocycles. The molecule has 0 aromatic heterocycles. The van der Waals surface area contributed by atoms with Crippen LogP contribution in [-0.4, -0.2) is 20.8 Å². The van der Waals surface area contributed by atoms with Crippen LogP contribution in [0.15, 0.2) is 12.1 Å². The molecule has 0 aliphatic rings. The molecule has 1 aromatic carbocycles. The number of hydrogen-bond acceptors (Lipinski definition) is 3. The van der Waals surface area contributed by atoms with E-state index in [0.717, 1.165) is 30.8 Å². The lowest BCUT2D eigenvalue weighted by atomic mass is 9.98. The second-order valence-electron chi connectivity index (χ2n) is 4.08. The van der Waals surface area contributed by atoms with Crippen LogP contribution in [0.5, 0.6) is 11.5 Å². The maximum Gasteiger partial charge on any atom is 0.164 e. The van der Waals surface area contributed by atoms with Crippen molar-refractivity contribution in [1.29, 1.82) is 0 Å². The van der Waals surface area contributed by atoms with Crippen LogP contribution in [0.2, 0.25) is 0 Å². The number of hydrogen-bond donors (Lipinski definition) is 1. The Balaban J connectivity index is 3.13. The highest BCUT2D eigenvalue weighted by Gasteiger charge is 2.13. The molecular weight excluding hydrogens is 214 g/mol. The Morgan fingerprint density at radius 1 is 1.12 bits per heavy atom.